The molecule has 4 rings (SSSR count). The molecule has 5 nitrogen and oxygen atoms in total. The molecule has 8 heteroatoms. The first kappa shape index (κ1) is 22.5. The zero-order chi connectivity index (χ0) is 22.5. The number of fused-ring (bicyclic) bond motifs is 1. The molecule has 3 aromatic heterocycles. The van der Waals surface area contributed by atoms with Crippen LogP contribution in [0.3, 0.4) is 0 Å². The maximum atomic E-state index is 13.2. The molecule has 0 spiro atoms. The van der Waals surface area contributed by atoms with Gasteiger partial charge in [-0.05, 0) is 36.4 Å². The second-order valence-corrected chi connectivity index (χ2v) is 10.5. The second kappa shape index (κ2) is 10.3. The zero-order valence-electron chi connectivity index (χ0n) is 17.6. The number of thioether (sulfide) groups is 1. The predicted molar refractivity (Wildman–Crippen MR) is 136 cm³/mol. The van der Waals surface area contributed by atoms with Crippen molar-refractivity contribution < 1.29 is 4.79 Å². The van der Waals surface area contributed by atoms with E-state index in [0.717, 1.165) is 16.9 Å². The first-order valence-corrected chi connectivity index (χ1v) is 12.8. The van der Waals surface area contributed by atoms with E-state index in [4.69, 9.17) is 4.98 Å². The van der Waals surface area contributed by atoms with E-state index in [9.17, 15) is 9.59 Å². The van der Waals surface area contributed by atoms with Crippen molar-refractivity contribution in [1.29, 1.82) is 0 Å². The summed E-state index contributed by atoms with van der Waals surface area (Å²) in [4.78, 5) is 33.5. The maximum Gasteiger partial charge on any atom is 0.263 e. The summed E-state index contributed by atoms with van der Waals surface area (Å²) in [6.45, 7) is 6.54. The van der Waals surface area contributed by atoms with Crippen molar-refractivity contribution in [2.75, 3.05) is 6.54 Å². The maximum absolute atomic E-state index is 13.2. The lowest BCUT2D eigenvalue weighted by Crippen LogP contribution is -2.33. The summed E-state index contributed by atoms with van der Waals surface area (Å²) in [5.74, 6) is -0.0674. The van der Waals surface area contributed by atoms with Gasteiger partial charge in [0.1, 0.15) is 4.83 Å². The number of amides is 1. The topological polar surface area (TPSA) is 64.0 Å². The van der Waals surface area contributed by atoms with Crippen LogP contribution in [0.25, 0.3) is 20.7 Å². The van der Waals surface area contributed by atoms with Crippen LogP contribution in [0.2, 0.25) is 0 Å². The van der Waals surface area contributed by atoms with Crippen LogP contribution < -0.4 is 10.9 Å². The van der Waals surface area contributed by atoms with Crippen LogP contribution in [0.5, 0.6) is 0 Å². The van der Waals surface area contributed by atoms with E-state index in [-0.39, 0.29) is 16.7 Å². The Morgan fingerprint density at radius 2 is 2.09 bits per heavy atom. The van der Waals surface area contributed by atoms with Crippen molar-refractivity contribution in [3.05, 3.63) is 81.8 Å². The van der Waals surface area contributed by atoms with E-state index in [1.165, 1.54) is 28.0 Å². The minimum absolute atomic E-state index is 0.0674. The minimum atomic E-state index is -0.382. The average molecular weight is 482 g/mol. The Hall–Kier alpha value is -2.68. The van der Waals surface area contributed by atoms with E-state index in [2.05, 4.69) is 18.0 Å². The van der Waals surface area contributed by atoms with Crippen LogP contribution in [0.4, 0.5) is 0 Å². The Bertz CT molecular complexity index is 1280. The zero-order valence-corrected chi connectivity index (χ0v) is 20.1. The van der Waals surface area contributed by atoms with Crippen molar-refractivity contribution in [3.8, 4) is 10.4 Å². The highest BCUT2D eigenvalue weighted by molar-refractivity contribution is 8.00. The summed E-state index contributed by atoms with van der Waals surface area (Å²) in [5, 5.41) is 5.76. The van der Waals surface area contributed by atoms with Gasteiger partial charge >= 0.3 is 0 Å². The summed E-state index contributed by atoms with van der Waals surface area (Å²) in [7, 11) is 0. The molecule has 32 heavy (non-hydrogen) atoms. The van der Waals surface area contributed by atoms with Crippen molar-refractivity contribution in [2.45, 2.75) is 30.3 Å². The van der Waals surface area contributed by atoms with Crippen LogP contribution in [-0.2, 0) is 17.8 Å². The fraction of sp³-hybridized carbons (Fsp3) is 0.208. The molecule has 0 saturated heterocycles. The number of carbonyl (C=O) groups is 1. The monoisotopic (exact) mass is 481 g/mol. The molecule has 0 saturated carbocycles. The number of carbonyl (C=O) groups excluding carboxylic acids is 1. The normalized spacial score (nSPS) is 12.0. The third-order valence-electron chi connectivity index (χ3n) is 4.89. The number of nitrogens with zero attached hydrogens (tertiary/aromatic N) is 2. The highest BCUT2D eigenvalue weighted by atomic mass is 32.2. The van der Waals surface area contributed by atoms with Gasteiger partial charge in [-0.1, -0.05) is 54.2 Å². The number of thiophene rings is 2. The molecule has 0 bridgehead atoms. The van der Waals surface area contributed by atoms with Crippen molar-refractivity contribution in [1.82, 2.24) is 14.9 Å². The van der Waals surface area contributed by atoms with Gasteiger partial charge < -0.3 is 5.32 Å². The first-order valence-electron chi connectivity index (χ1n) is 10.2. The predicted octanol–water partition coefficient (Wildman–Crippen LogP) is 5.21. The molecule has 3 heterocycles. The van der Waals surface area contributed by atoms with Crippen molar-refractivity contribution >= 4 is 50.6 Å². The van der Waals surface area contributed by atoms with E-state index in [1.807, 2.05) is 54.8 Å². The molecule has 164 valence electrons. The van der Waals surface area contributed by atoms with Crippen LogP contribution in [0, 0.1) is 0 Å². The molecule has 1 atom stereocenters. The number of benzene rings is 1. The summed E-state index contributed by atoms with van der Waals surface area (Å²) in [6, 6.07) is 15.9. The molecule has 0 radical (unpaired) electrons. The Labute approximate surface area is 198 Å². The molecular weight excluding hydrogens is 458 g/mol. The molecule has 1 N–H and O–H groups in total. The Balaban J connectivity index is 1.56. The van der Waals surface area contributed by atoms with Crippen molar-refractivity contribution in [3.63, 3.8) is 0 Å². The number of hydrogen-bond donors (Lipinski definition) is 1. The molecule has 4 aromatic rings. The number of nitrogens with one attached hydrogen (secondary N) is 1. The quantitative estimate of drug-likeness (QED) is 0.202. The largest absolute Gasteiger partial charge is 0.355 e. The lowest BCUT2D eigenvalue weighted by Gasteiger charge is -2.14. The molecule has 1 aromatic carbocycles. The minimum Gasteiger partial charge on any atom is -0.355 e. The first-order chi connectivity index (χ1) is 15.6. The lowest BCUT2D eigenvalue weighted by atomic mass is 10.2. The third kappa shape index (κ3) is 5.03. The summed E-state index contributed by atoms with van der Waals surface area (Å²) >= 11 is 4.48. The molecule has 0 fully saturated rings. The Kier molecular flexibility index (Phi) is 7.24. The molecular formula is C24H23N3O2S3. The van der Waals surface area contributed by atoms with Crippen LogP contribution in [0.1, 0.15) is 11.8 Å². The highest BCUT2D eigenvalue weighted by Crippen LogP contribution is 2.32. The Morgan fingerprint density at radius 3 is 2.81 bits per heavy atom. The van der Waals surface area contributed by atoms with Gasteiger partial charge in [0.05, 0.1) is 10.6 Å². The second-order valence-electron chi connectivity index (χ2n) is 7.17. The summed E-state index contributed by atoms with van der Waals surface area (Å²) in [6.07, 6.45) is 2.48. The summed E-state index contributed by atoms with van der Waals surface area (Å²) < 4.78 is 1.59. The molecule has 0 aliphatic carbocycles. The van der Waals surface area contributed by atoms with Crippen LogP contribution >= 0.6 is 34.4 Å². The molecule has 0 aliphatic rings. The van der Waals surface area contributed by atoms with Gasteiger partial charge in [0.2, 0.25) is 5.91 Å². The number of rotatable bonds is 9. The van der Waals surface area contributed by atoms with Gasteiger partial charge in [-0.2, -0.15) is 0 Å². The fourth-order valence-electron chi connectivity index (χ4n) is 3.24. The molecule has 1 amide bonds. The summed E-state index contributed by atoms with van der Waals surface area (Å²) in [5.41, 5.74) is 0.944. The van der Waals surface area contributed by atoms with E-state index >= 15 is 0 Å². The molecule has 1 unspecified atom stereocenters. The third-order valence-corrected chi connectivity index (χ3v) is 7.99. The average Bonchev–Trinajstić information content (AvgIpc) is 3.47. The van der Waals surface area contributed by atoms with E-state index < -0.39 is 0 Å². The van der Waals surface area contributed by atoms with Gasteiger partial charge in [0.15, 0.2) is 5.16 Å². The lowest BCUT2D eigenvalue weighted by molar-refractivity contribution is -0.120. The standard InChI is InChI=1S/C24H23N3O2S3/c1-3-13-27-23(29)19-15-20(17-8-5-4-6-9-17)32-22(19)26-24(27)31-16(2)21(28)25-12-11-18-10-7-14-30-18/h3-10,14-16H,1,11-13H2,2H3,(H,25,28). The smallest absolute Gasteiger partial charge is 0.263 e. The van der Waals surface area contributed by atoms with Crippen LogP contribution in [-0.4, -0.2) is 27.3 Å². The van der Waals surface area contributed by atoms with Gasteiger partial charge in [0, 0.05) is 22.8 Å². The number of hydrogen-bond acceptors (Lipinski definition) is 6. The van der Waals surface area contributed by atoms with Gasteiger partial charge in [0.25, 0.3) is 5.56 Å². The fourth-order valence-corrected chi connectivity index (χ4v) is 5.97. The number of allylic oxidation sites excluding steroid dienone is 1. The van der Waals surface area contributed by atoms with Gasteiger partial charge in [-0.3, -0.25) is 14.2 Å². The van der Waals surface area contributed by atoms with E-state index in [0.29, 0.717) is 28.5 Å². The van der Waals surface area contributed by atoms with Crippen LogP contribution in [0.15, 0.2) is 76.5 Å². The van der Waals surface area contributed by atoms with E-state index in [1.54, 1.807) is 22.0 Å². The van der Waals surface area contributed by atoms with Crippen molar-refractivity contribution in [2.24, 2.45) is 0 Å². The Morgan fingerprint density at radius 1 is 1.28 bits per heavy atom. The highest BCUT2D eigenvalue weighted by Gasteiger charge is 2.20. The van der Waals surface area contributed by atoms with Gasteiger partial charge in [-0.15, -0.1) is 29.3 Å². The number of aromatic nitrogens is 2. The SMILES string of the molecule is C=CCn1c(SC(C)C(=O)NCCc2cccs2)nc2sc(-c3ccccc3)cc2c1=O. The molecule has 0 aliphatic heterocycles. The van der Waals surface area contributed by atoms with Gasteiger partial charge in [-0.25, -0.2) is 4.98 Å².